The maximum Gasteiger partial charge on any atom is 0.471 e. The van der Waals surface area contributed by atoms with Crippen LogP contribution in [0.5, 0.6) is 11.5 Å². The lowest BCUT2D eigenvalue weighted by atomic mass is 10.1. The molecular weight excluding hydrogens is 421 g/mol. The van der Waals surface area contributed by atoms with Crippen LogP contribution < -0.4 is 19.7 Å². The predicted molar refractivity (Wildman–Crippen MR) is 115 cm³/mol. The van der Waals surface area contributed by atoms with Gasteiger partial charge in [-0.25, -0.2) is 0 Å². The van der Waals surface area contributed by atoms with Gasteiger partial charge in [0.1, 0.15) is 17.6 Å². The van der Waals surface area contributed by atoms with Gasteiger partial charge in [0.2, 0.25) is 0 Å². The van der Waals surface area contributed by atoms with Crippen molar-refractivity contribution in [3.05, 3.63) is 54.1 Å². The Morgan fingerprint density at radius 1 is 1.06 bits per heavy atom. The van der Waals surface area contributed by atoms with Gasteiger partial charge in [-0.15, -0.1) is 0 Å². The minimum atomic E-state index is -4.89. The number of nitrogens with one attached hydrogen (secondary N) is 1. The van der Waals surface area contributed by atoms with Gasteiger partial charge in [0.25, 0.3) is 0 Å². The molecule has 2 aliphatic rings. The van der Waals surface area contributed by atoms with Crippen LogP contribution in [0.25, 0.3) is 0 Å². The molecule has 2 unspecified atom stereocenters. The highest BCUT2D eigenvalue weighted by Gasteiger charge is 2.39. The third-order valence-corrected chi connectivity index (χ3v) is 5.82. The van der Waals surface area contributed by atoms with Gasteiger partial charge in [0.15, 0.2) is 0 Å². The van der Waals surface area contributed by atoms with E-state index in [9.17, 15) is 18.0 Å². The predicted octanol–water partition coefficient (Wildman–Crippen LogP) is 4.87. The number of amides is 1. The largest absolute Gasteiger partial charge is 0.493 e. The topological polar surface area (TPSA) is 50.8 Å². The molecule has 5 nitrogen and oxygen atoms in total. The van der Waals surface area contributed by atoms with Crippen LogP contribution in [0.3, 0.4) is 0 Å². The van der Waals surface area contributed by atoms with Gasteiger partial charge in [-0.3, -0.25) is 4.79 Å². The van der Waals surface area contributed by atoms with Gasteiger partial charge in [0, 0.05) is 18.7 Å². The molecule has 1 N–H and O–H groups in total. The Balaban J connectivity index is 1.26. The fourth-order valence-corrected chi connectivity index (χ4v) is 3.70. The number of carbonyl (C=O) groups excluding carboxylic acids is 1. The van der Waals surface area contributed by atoms with Crippen LogP contribution in [-0.4, -0.2) is 37.9 Å². The van der Waals surface area contributed by atoms with E-state index in [-0.39, 0.29) is 6.10 Å². The van der Waals surface area contributed by atoms with E-state index in [0.717, 1.165) is 43.5 Å². The lowest BCUT2D eigenvalue weighted by molar-refractivity contribution is -0.174. The number of alkyl halides is 3. The molecule has 0 radical (unpaired) electrons. The average molecular weight is 448 g/mol. The number of ether oxygens (including phenoxy) is 2. The quantitative estimate of drug-likeness (QED) is 0.626. The van der Waals surface area contributed by atoms with Gasteiger partial charge in [-0.1, -0.05) is 12.1 Å². The maximum atomic E-state index is 12.4. The summed E-state index contributed by atoms with van der Waals surface area (Å²) in [5, 5.41) is 1.95. The number of rotatable bonds is 8. The summed E-state index contributed by atoms with van der Waals surface area (Å²) in [4.78, 5) is 13.4. The van der Waals surface area contributed by atoms with Crippen molar-refractivity contribution >= 4 is 11.6 Å². The summed E-state index contributed by atoms with van der Waals surface area (Å²) in [5.74, 6) is 0.327. The van der Waals surface area contributed by atoms with E-state index in [1.54, 1.807) is 24.3 Å². The van der Waals surface area contributed by atoms with E-state index < -0.39 is 18.1 Å². The molecule has 32 heavy (non-hydrogen) atoms. The van der Waals surface area contributed by atoms with Crippen molar-refractivity contribution in [2.75, 3.05) is 24.6 Å². The van der Waals surface area contributed by atoms with Crippen molar-refractivity contribution in [2.24, 2.45) is 5.92 Å². The average Bonchev–Trinajstić information content (AvgIpc) is 3.49. The van der Waals surface area contributed by atoms with E-state index in [4.69, 9.17) is 9.47 Å². The molecule has 1 aliphatic heterocycles. The number of hydrogen-bond donors (Lipinski definition) is 1. The van der Waals surface area contributed by atoms with Crippen molar-refractivity contribution in [3.63, 3.8) is 0 Å². The van der Waals surface area contributed by atoms with Crippen LogP contribution in [-0.2, 0) is 4.79 Å². The van der Waals surface area contributed by atoms with E-state index in [0.29, 0.717) is 11.3 Å². The summed E-state index contributed by atoms with van der Waals surface area (Å²) < 4.78 is 49.1. The first-order valence-corrected chi connectivity index (χ1v) is 10.9. The van der Waals surface area contributed by atoms with E-state index >= 15 is 0 Å². The van der Waals surface area contributed by atoms with Gasteiger partial charge < -0.3 is 19.7 Å². The lowest BCUT2D eigenvalue weighted by Gasteiger charge is -2.20. The molecule has 1 heterocycles. The molecule has 0 bridgehead atoms. The summed E-state index contributed by atoms with van der Waals surface area (Å²) in [7, 11) is 0. The second kappa shape index (κ2) is 9.30. The highest BCUT2D eigenvalue weighted by molar-refractivity contribution is 5.82. The number of nitrogens with zero attached hydrogens (tertiary/aromatic N) is 1. The molecule has 172 valence electrons. The zero-order chi connectivity index (χ0) is 22.7. The number of carbonyl (C=O) groups is 1. The van der Waals surface area contributed by atoms with Gasteiger partial charge >= 0.3 is 12.1 Å². The molecule has 2 aromatic rings. The Labute approximate surface area is 185 Å². The summed E-state index contributed by atoms with van der Waals surface area (Å²) in [5.41, 5.74) is 1.70. The Bertz CT molecular complexity index is 912. The van der Waals surface area contributed by atoms with E-state index in [2.05, 4.69) is 17.0 Å². The maximum absolute atomic E-state index is 12.4. The van der Waals surface area contributed by atoms with Gasteiger partial charge in [-0.05, 0) is 67.6 Å². The minimum Gasteiger partial charge on any atom is -0.493 e. The van der Waals surface area contributed by atoms with Crippen LogP contribution in [0.15, 0.2) is 48.5 Å². The van der Waals surface area contributed by atoms with Crippen molar-refractivity contribution in [1.29, 1.82) is 0 Å². The van der Waals surface area contributed by atoms with Crippen LogP contribution in [0.1, 0.15) is 37.8 Å². The zero-order valence-electron chi connectivity index (χ0n) is 17.9. The summed E-state index contributed by atoms with van der Waals surface area (Å²) in [6.45, 7) is 3.94. The standard InChI is InChI=1S/C24H27F3N2O3/c1-16(28-23(30)24(25,26)27)18-4-8-21(9-5-18)32-22-12-13-29(14-22)19-6-10-20(11-7-19)31-15-17-2-3-17/h4-11,16-17,22H,2-3,12-15H2,1H3,(H,28,30). The fraction of sp³-hybridized carbons (Fsp3) is 0.458. The Morgan fingerprint density at radius 3 is 2.34 bits per heavy atom. The molecule has 2 atom stereocenters. The highest BCUT2D eigenvalue weighted by atomic mass is 19.4. The second-order valence-corrected chi connectivity index (χ2v) is 8.48. The number of hydrogen-bond acceptors (Lipinski definition) is 4. The van der Waals surface area contributed by atoms with Crippen molar-refractivity contribution in [2.45, 2.75) is 44.5 Å². The van der Waals surface area contributed by atoms with Crippen molar-refractivity contribution in [3.8, 4) is 11.5 Å². The third kappa shape index (κ3) is 5.87. The molecule has 2 fully saturated rings. The third-order valence-electron chi connectivity index (χ3n) is 5.82. The molecule has 8 heteroatoms. The van der Waals surface area contributed by atoms with Gasteiger partial charge in [0.05, 0.1) is 19.2 Å². The van der Waals surface area contributed by atoms with Crippen LogP contribution in [0.4, 0.5) is 18.9 Å². The molecule has 2 aromatic carbocycles. The van der Waals surface area contributed by atoms with E-state index in [1.165, 1.54) is 19.8 Å². The van der Waals surface area contributed by atoms with Gasteiger partial charge in [-0.2, -0.15) is 13.2 Å². The van der Waals surface area contributed by atoms with Crippen molar-refractivity contribution < 1.29 is 27.4 Å². The smallest absolute Gasteiger partial charge is 0.471 e. The number of anilines is 1. The zero-order valence-corrected chi connectivity index (χ0v) is 17.9. The summed E-state index contributed by atoms with van der Waals surface area (Å²) in [6, 6.07) is 14.2. The highest BCUT2D eigenvalue weighted by Crippen LogP contribution is 2.30. The van der Waals surface area contributed by atoms with Crippen LogP contribution in [0.2, 0.25) is 0 Å². The SMILES string of the molecule is CC(NC(=O)C(F)(F)F)c1ccc(OC2CCN(c3ccc(OCC4CC4)cc3)C2)cc1. The Morgan fingerprint density at radius 2 is 1.72 bits per heavy atom. The molecule has 0 aromatic heterocycles. The first kappa shape index (κ1) is 22.3. The number of halogens is 3. The second-order valence-electron chi connectivity index (χ2n) is 8.48. The van der Waals surface area contributed by atoms with Crippen LogP contribution >= 0.6 is 0 Å². The minimum absolute atomic E-state index is 0.0222. The van der Waals surface area contributed by atoms with Crippen molar-refractivity contribution in [1.82, 2.24) is 5.32 Å². The Kier molecular flexibility index (Phi) is 6.48. The normalized spacial score (nSPS) is 19.5. The molecular formula is C24H27F3N2O3. The monoisotopic (exact) mass is 448 g/mol. The Hall–Kier alpha value is -2.90. The molecule has 0 spiro atoms. The fourth-order valence-electron chi connectivity index (χ4n) is 3.70. The van der Waals surface area contributed by atoms with Crippen LogP contribution in [0, 0.1) is 5.92 Å². The number of benzene rings is 2. The molecule has 1 saturated carbocycles. The first-order chi connectivity index (χ1) is 15.3. The summed E-state index contributed by atoms with van der Waals surface area (Å²) in [6.07, 6.45) is -1.46. The molecule has 1 aliphatic carbocycles. The lowest BCUT2D eigenvalue weighted by Crippen LogP contribution is -2.38. The molecule has 1 amide bonds. The molecule has 4 rings (SSSR count). The molecule has 1 saturated heterocycles. The van der Waals surface area contributed by atoms with E-state index in [1.807, 2.05) is 17.4 Å². The summed E-state index contributed by atoms with van der Waals surface area (Å²) >= 11 is 0. The first-order valence-electron chi connectivity index (χ1n) is 10.9.